The van der Waals surface area contributed by atoms with E-state index in [-0.39, 0.29) is 18.4 Å². The Kier molecular flexibility index (Phi) is 5.27. The molecule has 2 aromatic rings. The summed E-state index contributed by atoms with van der Waals surface area (Å²) in [6.07, 6.45) is 1.79. The van der Waals surface area contributed by atoms with E-state index in [0.717, 1.165) is 15.8 Å². The number of carbonyl (C=O) groups is 2. The maximum absolute atomic E-state index is 12.6. The van der Waals surface area contributed by atoms with Crippen molar-refractivity contribution in [2.45, 2.75) is 6.92 Å². The summed E-state index contributed by atoms with van der Waals surface area (Å²) in [6.45, 7) is 1.59. The molecule has 0 saturated heterocycles. The Morgan fingerprint density at radius 2 is 1.96 bits per heavy atom. The fraction of sp³-hybridized carbons (Fsp3) is 0.158. The van der Waals surface area contributed by atoms with Gasteiger partial charge in [0, 0.05) is 22.6 Å². The third-order valence-electron chi connectivity index (χ3n) is 3.74. The molecule has 0 spiro atoms. The topological polar surface area (TPSA) is 76.7 Å². The zero-order valence-corrected chi connectivity index (χ0v) is 15.8. The number of carbonyl (C=O) groups excluding carboxylic acids is 2. The SMILES string of the molecule is COc1ccc(NC(C)=O)cc1NC(=O)C1=Cc2cc(Br)ccc2OC1. The van der Waals surface area contributed by atoms with E-state index in [4.69, 9.17) is 9.47 Å². The fourth-order valence-corrected chi connectivity index (χ4v) is 2.95. The smallest absolute Gasteiger partial charge is 0.255 e. The van der Waals surface area contributed by atoms with Crippen molar-refractivity contribution in [2.75, 3.05) is 24.4 Å². The van der Waals surface area contributed by atoms with Crippen LogP contribution in [0.2, 0.25) is 0 Å². The molecule has 1 aliphatic heterocycles. The number of halogens is 1. The van der Waals surface area contributed by atoms with Gasteiger partial charge in [0.2, 0.25) is 5.91 Å². The molecule has 3 rings (SSSR count). The summed E-state index contributed by atoms with van der Waals surface area (Å²) in [5.74, 6) is 0.731. The van der Waals surface area contributed by atoms with E-state index in [0.29, 0.717) is 22.7 Å². The van der Waals surface area contributed by atoms with Crippen LogP contribution in [0.15, 0.2) is 46.4 Å². The number of methoxy groups -OCH3 is 1. The van der Waals surface area contributed by atoms with E-state index >= 15 is 0 Å². The quantitative estimate of drug-likeness (QED) is 0.793. The first-order valence-corrected chi connectivity index (χ1v) is 8.65. The predicted octanol–water partition coefficient (Wildman–Crippen LogP) is 3.83. The maximum atomic E-state index is 12.6. The third kappa shape index (κ3) is 4.05. The van der Waals surface area contributed by atoms with Crippen molar-refractivity contribution in [1.29, 1.82) is 0 Å². The highest BCUT2D eigenvalue weighted by Gasteiger charge is 2.19. The number of fused-ring (bicyclic) bond motifs is 1. The molecule has 2 amide bonds. The van der Waals surface area contributed by atoms with Crippen LogP contribution in [0.5, 0.6) is 11.5 Å². The minimum Gasteiger partial charge on any atom is -0.495 e. The maximum Gasteiger partial charge on any atom is 0.255 e. The van der Waals surface area contributed by atoms with Gasteiger partial charge < -0.3 is 20.1 Å². The number of anilines is 2. The normalized spacial score (nSPS) is 12.3. The first-order chi connectivity index (χ1) is 12.5. The van der Waals surface area contributed by atoms with Crippen LogP contribution in [-0.4, -0.2) is 25.5 Å². The van der Waals surface area contributed by atoms with Gasteiger partial charge in [0.05, 0.1) is 18.4 Å². The number of nitrogens with one attached hydrogen (secondary N) is 2. The van der Waals surface area contributed by atoms with E-state index < -0.39 is 0 Å². The molecule has 0 bridgehead atoms. The van der Waals surface area contributed by atoms with Crippen molar-refractivity contribution in [3.8, 4) is 11.5 Å². The largest absolute Gasteiger partial charge is 0.495 e. The molecule has 0 aliphatic carbocycles. The zero-order valence-electron chi connectivity index (χ0n) is 14.3. The summed E-state index contributed by atoms with van der Waals surface area (Å²) in [6, 6.07) is 10.7. The van der Waals surface area contributed by atoms with Gasteiger partial charge in [-0.3, -0.25) is 9.59 Å². The molecule has 0 radical (unpaired) electrons. The van der Waals surface area contributed by atoms with Crippen LogP contribution < -0.4 is 20.1 Å². The van der Waals surface area contributed by atoms with Gasteiger partial charge in [0.15, 0.2) is 0 Å². The number of rotatable bonds is 4. The molecule has 134 valence electrons. The second kappa shape index (κ2) is 7.61. The summed E-state index contributed by atoms with van der Waals surface area (Å²) in [5, 5.41) is 5.49. The van der Waals surface area contributed by atoms with Crippen LogP contribution in [0.4, 0.5) is 11.4 Å². The lowest BCUT2D eigenvalue weighted by atomic mass is 10.1. The average Bonchev–Trinajstić information content (AvgIpc) is 2.60. The van der Waals surface area contributed by atoms with Gasteiger partial charge >= 0.3 is 0 Å². The van der Waals surface area contributed by atoms with E-state index in [1.807, 2.05) is 18.2 Å². The monoisotopic (exact) mass is 416 g/mol. The van der Waals surface area contributed by atoms with E-state index in [2.05, 4.69) is 26.6 Å². The summed E-state index contributed by atoms with van der Waals surface area (Å²) in [4.78, 5) is 23.9. The molecule has 26 heavy (non-hydrogen) atoms. The summed E-state index contributed by atoms with van der Waals surface area (Å²) in [7, 11) is 1.51. The van der Waals surface area contributed by atoms with Crippen molar-refractivity contribution in [3.63, 3.8) is 0 Å². The lowest BCUT2D eigenvalue weighted by Crippen LogP contribution is -2.21. The molecule has 2 aromatic carbocycles. The van der Waals surface area contributed by atoms with Gasteiger partial charge in [-0.05, 0) is 42.5 Å². The summed E-state index contributed by atoms with van der Waals surface area (Å²) >= 11 is 3.41. The van der Waals surface area contributed by atoms with Crippen molar-refractivity contribution >= 4 is 45.2 Å². The molecule has 2 N–H and O–H groups in total. The first-order valence-electron chi connectivity index (χ1n) is 7.86. The highest BCUT2D eigenvalue weighted by atomic mass is 79.9. The number of amides is 2. The van der Waals surface area contributed by atoms with E-state index in [9.17, 15) is 9.59 Å². The van der Waals surface area contributed by atoms with Crippen molar-refractivity contribution in [1.82, 2.24) is 0 Å². The van der Waals surface area contributed by atoms with Crippen molar-refractivity contribution < 1.29 is 19.1 Å². The average molecular weight is 417 g/mol. The standard InChI is InChI=1S/C19H17BrN2O4/c1-11(23)21-15-4-6-18(25-2)16(9-15)22-19(24)13-7-12-8-14(20)3-5-17(12)26-10-13/h3-9H,10H2,1-2H3,(H,21,23)(H,22,24). The summed E-state index contributed by atoms with van der Waals surface area (Å²) in [5.41, 5.74) is 2.35. The predicted molar refractivity (Wildman–Crippen MR) is 104 cm³/mol. The van der Waals surface area contributed by atoms with E-state index in [1.54, 1.807) is 24.3 Å². The van der Waals surface area contributed by atoms with Crippen LogP contribution in [-0.2, 0) is 9.59 Å². The molecule has 0 atom stereocenters. The molecule has 7 heteroatoms. The number of benzene rings is 2. The third-order valence-corrected chi connectivity index (χ3v) is 4.24. The lowest BCUT2D eigenvalue weighted by molar-refractivity contribution is -0.114. The molecule has 0 unspecified atom stereocenters. The highest BCUT2D eigenvalue weighted by Crippen LogP contribution is 2.31. The second-order valence-corrected chi connectivity index (χ2v) is 6.61. The van der Waals surface area contributed by atoms with Gasteiger partial charge in [-0.1, -0.05) is 15.9 Å². The molecule has 0 fully saturated rings. The van der Waals surface area contributed by atoms with Crippen molar-refractivity contribution in [2.24, 2.45) is 0 Å². The van der Waals surface area contributed by atoms with Crippen LogP contribution in [0.25, 0.3) is 6.08 Å². The number of hydrogen-bond acceptors (Lipinski definition) is 4. The molecule has 0 saturated carbocycles. The molecule has 1 heterocycles. The highest BCUT2D eigenvalue weighted by molar-refractivity contribution is 9.10. The van der Waals surface area contributed by atoms with Crippen LogP contribution in [0.3, 0.4) is 0 Å². The second-order valence-electron chi connectivity index (χ2n) is 5.69. The Labute approximate surface area is 159 Å². The van der Waals surface area contributed by atoms with E-state index in [1.165, 1.54) is 14.0 Å². The fourth-order valence-electron chi connectivity index (χ4n) is 2.57. The molecular formula is C19H17BrN2O4. The lowest BCUT2D eigenvalue weighted by Gasteiger charge is -2.19. The Morgan fingerprint density at radius 1 is 1.15 bits per heavy atom. The molecule has 6 nitrogen and oxygen atoms in total. The minimum atomic E-state index is -0.297. The number of ether oxygens (including phenoxy) is 2. The Balaban J connectivity index is 1.84. The van der Waals surface area contributed by atoms with Gasteiger partial charge in [-0.15, -0.1) is 0 Å². The van der Waals surface area contributed by atoms with Crippen LogP contribution >= 0.6 is 15.9 Å². The minimum absolute atomic E-state index is 0.175. The molecule has 0 aromatic heterocycles. The Morgan fingerprint density at radius 3 is 2.69 bits per heavy atom. The van der Waals surface area contributed by atoms with Crippen LogP contribution in [0.1, 0.15) is 12.5 Å². The van der Waals surface area contributed by atoms with Crippen LogP contribution in [0, 0.1) is 0 Å². The van der Waals surface area contributed by atoms with Gasteiger partial charge in [-0.2, -0.15) is 0 Å². The van der Waals surface area contributed by atoms with Gasteiger partial charge in [0.1, 0.15) is 18.1 Å². The molecule has 1 aliphatic rings. The first kappa shape index (κ1) is 18.0. The zero-order chi connectivity index (χ0) is 18.7. The van der Waals surface area contributed by atoms with Crippen molar-refractivity contribution in [3.05, 3.63) is 52.0 Å². The van der Waals surface area contributed by atoms with Gasteiger partial charge in [0.25, 0.3) is 5.91 Å². The number of hydrogen-bond donors (Lipinski definition) is 2. The Hall–Kier alpha value is -2.80. The summed E-state index contributed by atoms with van der Waals surface area (Å²) < 4.78 is 11.8. The molecular weight excluding hydrogens is 400 g/mol. The van der Waals surface area contributed by atoms with Gasteiger partial charge in [-0.25, -0.2) is 0 Å². The Bertz CT molecular complexity index is 908.